The van der Waals surface area contributed by atoms with Gasteiger partial charge in [0.2, 0.25) is 0 Å². The Morgan fingerprint density at radius 2 is 1.63 bits per heavy atom. The molecule has 0 saturated carbocycles. The summed E-state index contributed by atoms with van der Waals surface area (Å²) in [5.74, 6) is 0. The van der Waals surface area contributed by atoms with Gasteiger partial charge in [-0.2, -0.15) is 0 Å². The van der Waals surface area contributed by atoms with Gasteiger partial charge >= 0.3 is 0 Å². The van der Waals surface area contributed by atoms with Crippen molar-refractivity contribution in [2.75, 3.05) is 7.05 Å². The van der Waals surface area contributed by atoms with Crippen LogP contribution in [0.1, 0.15) is 52.2 Å². The van der Waals surface area contributed by atoms with Crippen LogP contribution < -0.4 is 5.32 Å². The molecule has 0 radical (unpaired) electrons. The summed E-state index contributed by atoms with van der Waals surface area (Å²) in [6, 6.07) is 9.61. The predicted molar refractivity (Wildman–Crippen MR) is 84.3 cm³/mol. The first kappa shape index (κ1) is 16.2. The number of rotatable bonds is 6. The maximum absolute atomic E-state index is 3.52. The van der Waals surface area contributed by atoms with Gasteiger partial charge in [0.15, 0.2) is 0 Å². The SMILES string of the molecule is CCC(C)N(C)Cc1ccc(CNC(C)(C)C)cc1. The van der Waals surface area contributed by atoms with E-state index in [2.05, 4.69) is 76.1 Å². The lowest BCUT2D eigenvalue weighted by atomic mass is 10.1. The maximum atomic E-state index is 3.52. The van der Waals surface area contributed by atoms with E-state index in [1.807, 2.05) is 0 Å². The third-order valence-electron chi connectivity index (χ3n) is 3.62. The van der Waals surface area contributed by atoms with Crippen LogP contribution in [-0.2, 0) is 13.1 Å². The summed E-state index contributed by atoms with van der Waals surface area (Å²) in [4.78, 5) is 2.41. The zero-order chi connectivity index (χ0) is 14.5. The van der Waals surface area contributed by atoms with Gasteiger partial charge in [-0.3, -0.25) is 4.90 Å². The fraction of sp³-hybridized carbons (Fsp3) is 0.647. The van der Waals surface area contributed by atoms with Gasteiger partial charge in [-0.1, -0.05) is 31.2 Å². The highest BCUT2D eigenvalue weighted by Gasteiger charge is 2.09. The Morgan fingerprint density at radius 1 is 1.11 bits per heavy atom. The van der Waals surface area contributed by atoms with E-state index < -0.39 is 0 Å². The van der Waals surface area contributed by atoms with Crippen molar-refractivity contribution < 1.29 is 0 Å². The van der Waals surface area contributed by atoms with Gasteiger partial charge in [-0.05, 0) is 52.3 Å². The van der Waals surface area contributed by atoms with E-state index in [9.17, 15) is 0 Å². The van der Waals surface area contributed by atoms with Crippen LogP contribution >= 0.6 is 0 Å². The molecular weight excluding hydrogens is 232 g/mol. The number of benzene rings is 1. The van der Waals surface area contributed by atoms with Crippen molar-refractivity contribution >= 4 is 0 Å². The Hall–Kier alpha value is -0.860. The second kappa shape index (κ2) is 7.06. The Balaban J connectivity index is 2.52. The van der Waals surface area contributed by atoms with Crippen molar-refractivity contribution in [2.45, 2.75) is 65.7 Å². The van der Waals surface area contributed by atoms with Crippen LogP contribution in [0.25, 0.3) is 0 Å². The summed E-state index contributed by atoms with van der Waals surface area (Å²) < 4.78 is 0. The lowest BCUT2D eigenvalue weighted by molar-refractivity contribution is 0.244. The molecule has 108 valence electrons. The van der Waals surface area contributed by atoms with Crippen LogP contribution in [0.4, 0.5) is 0 Å². The average Bonchev–Trinajstić information content (AvgIpc) is 2.36. The zero-order valence-corrected chi connectivity index (χ0v) is 13.5. The lowest BCUT2D eigenvalue weighted by Crippen LogP contribution is -2.35. The molecule has 1 aromatic rings. The minimum absolute atomic E-state index is 0.176. The van der Waals surface area contributed by atoms with Crippen molar-refractivity contribution in [3.63, 3.8) is 0 Å². The van der Waals surface area contributed by atoms with Crippen LogP contribution in [-0.4, -0.2) is 23.5 Å². The Morgan fingerprint density at radius 3 is 2.11 bits per heavy atom. The van der Waals surface area contributed by atoms with Crippen LogP contribution in [0.2, 0.25) is 0 Å². The van der Waals surface area contributed by atoms with Gasteiger partial charge in [-0.15, -0.1) is 0 Å². The molecule has 0 aliphatic rings. The maximum Gasteiger partial charge on any atom is 0.0233 e. The Labute approximate surface area is 119 Å². The summed E-state index contributed by atoms with van der Waals surface area (Å²) in [6.45, 7) is 13.1. The molecule has 19 heavy (non-hydrogen) atoms. The molecule has 0 aromatic heterocycles. The number of hydrogen-bond donors (Lipinski definition) is 1. The van der Waals surface area contributed by atoms with E-state index in [-0.39, 0.29) is 5.54 Å². The number of nitrogens with zero attached hydrogens (tertiary/aromatic N) is 1. The molecule has 1 atom stereocenters. The lowest BCUT2D eigenvalue weighted by Gasteiger charge is -2.24. The van der Waals surface area contributed by atoms with Crippen molar-refractivity contribution in [1.82, 2.24) is 10.2 Å². The van der Waals surface area contributed by atoms with Gasteiger partial charge in [0.25, 0.3) is 0 Å². The zero-order valence-electron chi connectivity index (χ0n) is 13.5. The van der Waals surface area contributed by atoms with Crippen molar-refractivity contribution in [3.05, 3.63) is 35.4 Å². The van der Waals surface area contributed by atoms with Gasteiger partial charge in [-0.25, -0.2) is 0 Å². The molecule has 1 N–H and O–H groups in total. The highest BCUT2D eigenvalue weighted by molar-refractivity contribution is 5.22. The largest absolute Gasteiger partial charge is 0.308 e. The summed E-state index contributed by atoms with van der Waals surface area (Å²) in [7, 11) is 2.20. The molecule has 0 aliphatic heterocycles. The minimum Gasteiger partial charge on any atom is -0.308 e. The fourth-order valence-corrected chi connectivity index (χ4v) is 1.89. The molecule has 1 rings (SSSR count). The molecule has 0 bridgehead atoms. The first-order valence-corrected chi connectivity index (χ1v) is 7.35. The molecule has 0 heterocycles. The standard InChI is InChI=1S/C17H30N2/c1-7-14(2)19(6)13-16-10-8-15(9-11-16)12-18-17(3,4)5/h8-11,14,18H,7,12-13H2,1-6H3. The molecular formula is C17H30N2. The van der Waals surface area contributed by atoms with Gasteiger partial charge in [0.1, 0.15) is 0 Å². The van der Waals surface area contributed by atoms with E-state index in [0.717, 1.165) is 13.1 Å². The first-order valence-electron chi connectivity index (χ1n) is 7.35. The molecule has 0 amide bonds. The molecule has 0 spiro atoms. The van der Waals surface area contributed by atoms with Crippen LogP contribution in [0, 0.1) is 0 Å². The highest BCUT2D eigenvalue weighted by Crippen LogP contribution is 2.11. The van der Waals surface area contributed by atoms with Crippen LogP contribution in [0.5, 0.6) is 0 Å². The van der Waals surface area contributed by atoms with Crippen molar-refractivity contribution in [1.29, 1.82) is 0 Å². The molecule has 0 saturated heterocycles. The molecule has 0 aliphatic carbocycles. The smallest absolute Gasteiger partial charge is 0.0233 e. The second-order valence-corrected chi connectivity index (χ2v) is 6.59. The third kappa shape index (κ3) is 6.22. The first-order chi connectivity index (χ1) is 8.81. The van der Waals surface area contributed by atoms with E-state index in [0.29, 0.717) is 6.04 Å². The molecule has 0 fully saturated rings. The summed E-state index contributed by atoms with van der Waals surface area (Å²) in [5, 5.41) is 3.52. The average molecular weight is 262 g/mol. The van der Waals surface area contributed by atoms with Crippen LogP contribution in [0.3, 0.4) is 0 Å². The third-order valence-corrected chi connectivity index (χ3v) is 3.62. The van der Waals surface area contributed by atoms with Crippen molar-refractivity contribution in [3.8, 4) is 0 Å². The Bertz CT molecular complexity index is 362. The van der Waals surface area contributed by atoms with E-state index in [4.69, 9.17) is 0 Å². The van der Waals surface area contributed by atoms with Gasteiger partial charge in [0, 0.05) is 24.7 Å². The fourth-order valence-electron chi connectivity index (χ4n) is 1.89. The Kier molecular flexibility index (Phi) is 6.02. The van der Waals surface area contributed by atoms with Crippen LogP contribution in [0.15, 0.2) is 24.3 Å². The summed E-state index contributed by atoms with van der Waals surface area (Å²) in [6.07, 6.45) is 1.20. The molecule has 2 heteroatoms. The normalized spacial score (nSPS) is 13.8. The summed E-state index contributed by atoms with van der Waals surface area (Å²) >= 11 is 0. The second-order valence-electron chi connectivity index (χ2n) is 6.59. The topological polar surface area (TPSA) is 15.3 Å². The molecule has 1 aromatic carbocycles. The predicted octanol–water partition coefficient (Wildman–Crippen LogP) is 3.81. The van der Waals surface area contributed by atoms with Crippen molar-refractivity contribution in [2.24, 2.45) is 0 Å². The van der Waals surface area contributed by atoms with E-state index in [1.54, 1.807) is 0 Å². The molecule has 1 unspecified atom stereocenters. The van der Waals surface area contributed by atoms with Gasteiger partial charge in [0.05, 0.1) is 0 Å². The highest BCUT2D eigenvalue weighted by atomic mass is 15.1. The summed E-state index contributed by atoms with van der Waals surface area (Å²) in [5.41, 5.74) is 2.92. The quantitative estimate of drug-likeness (QED) is 0.839. The number of nitrogens with one attached hydrogen (secondary N) is 1. The number of hydrogen-bond acceptors (Lipinski definition) is 2. The monoisotopic (exact) mass is 262 g/mol. The minimum atomic E-state index is 0.176. The molecule has 2 nitrogen and oxygen atoms in total. The van der Waals surface area contributed by atoms with E-state index in [1.165, 1.54) is 17.5 Å². The van der Waals surface area contributed by atoms with E-state index >= 15 is 0 Å². The van der Waals surface area contributed by atoms with Gasteiger partial charge < -0.3 is 5.32 Å².